The van der Waals surface area contributed by atoms with Crippen LogP contribution in [0, 0.1) is 11.3 Å². The molecule has 0 aliphatic rings. The zero-order chi connectivity index (χ0) is 11.4. The molecule has 0 amide bonds. The summed E-state index contributed by atoms with van der Waals surface area (Å²) in [6.45, 7) is 0. The zero-order valence-corrected chi connectivity index (χ0v) is 7.85. The van der Waals surface area contributed by atoms with E-state index in [1.54, 1.807) is 6.07 Å². The first-order valence-electron chi connectivity index (χ1n) is 3.95. The largest absolute Gasteiger partial charge is 0.506 e. The number of carbonyl (C=O) groups is 2. The Morgan fingerprint density at radius 3 is 2.73 bits per heavy atom. The number of esters is 1. The van der Waals surface area contributed by atoms with Crippen LogP contribution in [0.5, 0.6) is 5.75 Å². The van der Waals surface area contributed by atoms with Crippen molar-refractivity contribution in [2.45, 2.75) is 0 Å². The Hall–Kier alpha value is -2.35. The van der Waals surface area contributed by atoms with E-state index in [9.17, 15) is 14.7 Å². The number of carbonyl (C=O) groups excluding carboxylic acids is 2. The molecule has 0 spiro atoms. The summed E-state index contributed by atoms with van der Waals surface area (Å²) in [5.74, 6) is -1.24. The van der Waals surface area contributed by atoms with Gasteiger partial charge in [0.2, 0.25) is 0 Å². The summed E-state index contributed by atoms with van der Waals surface area (Å²) in [4.78, 5) is 21.6. The Bertz CT molecular complexity index is 459. The molecule has 0 heterocycles. The predicted octanol–water partition coefficient (Wildman–Crippen LogP) is 0.863. The van der Waals surface area contributed by atoms with E-state index in [0.717, 1.165) is 7.11 Å². The van der Waals surface area contributed by atoms with Crippen LogP contribution in [0.1, 0.15) is 26.3 Å². The number of nitrogens with zero attached hydrogens (tertiary/aromatic N) is 1. The highest BCUT2D eigenvalue weighted by Gasteiger charge is 2.17. The molecule has 0 bridgehead atoms. The molecule has 5 nitrogen and oxygen atoms in total. The van der Waals surface area contributed by atoms with Gasteiger partial charge in [0.25, 0.3) is 0 Å². The molecule has 76 valence electrons. The van der Waals surface area contributed by atoms with Crippen molar-refractivity contribution in [2.75, 3.05) is 7.11 Å². The Labute approximate surface area is 85.5 Å². The van der Waals surface area contributed by atoms with E-state index in [1.807, 2.05) is 0 Å². The number of phenols is 1. The number of hydrogen-bond acceptors (Lipinski definition) is 5. The van der Waals surface area contributed by atoms with E-state index in [4.69, 9.17) is 5.26 Å². The summed E-state index contributed by atoms with van der Waals surface area (Å²) < 4.78 is 4.42. The van der Waals surface area contributed by atoms with Crippen LogP contribution in [-0.4, -0.2) is 24.5 Å². The van der Waals surface area contributed by atoms with E-state index in [2.05, 4.69) is 4.74 Å². The topological polar surface area (TPSA) is 87.4 Å². The molecule has 0 fully saturated rings. The smallest absolute Gasteiger partial charge is 0.339 e. The lowest BCUT2D eigenvalue weighted by molar-refractivity contribution is 0.0599. The maximum atomic E-state index is 11.2. The van der Waals surface area contributed by atoms with Crippen molar-refractivity contribution in [1.82, 2.24) is 0 Å². The van der Waals surface area contributed by atoms with Crippen LogP contribution in [0.3, 0.4) is 0 Å². The van der Waals surface area contributed by atoms with E-state index in [1.165, 1.54) is 12.1 Å². The molecule has 0 saturated carbocycles. The average molecular weight is 205 g/mol. The van der Waals surface area contributed by atoms with Crippen LogP contribution in [0.25, 0.3) is 0 Å². The van der Waals surface area contributed by atoms with Crippen molar-refractivity contribution in [3.63, 3.8) is 0 Å². The molecule has 5 heteroatoms. The zero-order valence-electron chi connectivity index (χ0n) is 7.85. The van der Waals surface area contributed by atoms with Gasteiger partial charge in [0.1, 0.15) is 17.4 Å². The minimum absolute atomic E-state index is 0.0424. The van der Waals surface area contributed by atoms with Gasteiger partial charge in [0.05, 0.1) is 18.2 Å². The Balaban J connectivity index is 3.45. The summed E-state index contributed by atoms with van der Waals surface area (Å²) in [7, 11) is 1.16. The monoisotopic (exact) mass is 205 g/mol. The maximum absolute atomic E-state index is 11.2. The van der Waals surface area contributed by atoms with Crippen molar-refractivity contribution in [2.24, 2.45) is 0 Å². The number of aldehydes is 1. The van der Waals surface area contributed by atoms with Crippen molar-refractivity contribution in [3.8, 4) is 11.8 Å². The Morgan fingerprint density at radius 1 is 1.60 bits per heavy atom. The van der Waals surface area contributed by atoms with E-state index < -0.39 is 11.7 Å². The summed E-state index contributed by atoms with van der Waals surface area (Å²) >= 11 is 0. The van der Waals surface area contributed by atoms with E-state index in [-0.39, 0.29) is 16.7 Å². The molecule has 0 radical (unpaired) electrons. The fourth-order valence-corrected chi connectivity index (χ4v) is 1.10. The molecule has 0 saturated heterocycles. The number of benzene rings is 1. The number of methoxy groups -OCH3 is 1. The fraction of sp³-hybridized carbons (Fsp3) is 0.100. The van der Waals surface area contributed by atoms with Crippen LogP contribution in [0.15, 0.2) is 12.1 Å². The first kappa shape index (κ1) is 10.7. The highest BCUT2D eigenvalue weighted by atomic mass is 16.5. The molecule has 1 rings (SSSR count). The van der Waals surface area contributed by atoms with Gasteiger partial charge in [-0.25, -0.2) is 4.79 Å². The normalized spacial score (nSPS) is 9.07. The first-order valence-corrected chi connectivity index (χ1v) is 3.95. The first-order chi connectivity index (χ1) is 7.15. The number of aromatic hydroxyl groups is 1. The lowest BCUT2D eigenvalue weighted by Crippen LogP contribution is -2.05. The van der Waals surface area contributed by atoms with Gasteiger partial charge >= 0.3 is 5.97 Å². The van der Waals surface area contributed by atoms with Gasteiger partial charge in [-0.05, 0) is 12.1 Å². The van der Waals surface area contributed by atoms with Crippen molar-refractivity contribution in [1.29, 1.82) is 5.26 Å². The third kappa shape index (κ3) is 1.79. The summed E-state index contributed by atoms with van der Waals surface area (Å²) in [5.41, 5.74) is -0.367. The number of ether oxygens (including phenoxy) is 1. The number of phenolic OH excluding ortho intramolecular Hbond substituents is 1. The number of nitriles is 1. The SMILES string of the molecule is COC(=O)c1ccc(C=O)c(O)c1C#N. The Kier molecular flexibility index (Phi) is 3.03. The van der Waals surface area contributed by atoms with Crippen LogP contribution in [-0.2, 0) is 4.74 Å². The minimum atomic E-state index is -0.737. The molecular weight excluding hydrogens is 198 g/mol. The van der Waals surface area contributed by atoms with Crippen LogP contribution < -0.4 is 0 Å². The highest BCUT2D eigenvalue weighted by molar-refractivity contribution is 5.95. The van der Waals surface area contributed by atoms with Crippen molar-refractivity contribution in [3.05, 3.63) is 28.8 Å². The lowest BCUT2D eigenvalue weighted by Gasteiger charge is -2.04. The predicted molar refractivity (Wildman–Crippen MR) is 49.5 cm³/mol. The molecule has 0 atom stereocenters. The second kappa shape index (κ2) is 4.24. The van der Waals surface area contributed by atoms with Gasteiger partial charge in [-0.1, -0.05) is 0 Å². The van der Waals surface area contributed by atoms with Gasteiger partial charge in [-0.2, -0.15) is 5.26 Å². The van der Waals surface area contributed by atoms with Gasteiger partial charge in [0, 0.05) is 0 Å². The van der Waals surface area contributed by atoms with Gasteiger partial charge in [0.15, 0.2) is 6.29 Å². The van der Waals surface area contributed by atoms with Gasteiger partial charge in [-0.3, -0.25) is 4.79 Å². The fourth-order valence-electron chi connectivity index (χ4n) is 1.10. The molecular formula is C10H7NO4. The molecule has 1 aromatic carbocycles. The van der Waals surface area contributed by atoms with Crippen molar-refractivity contribution < 1.29 is 19.4 Å². The third-order valence-corrected chi connectivity index (χ3v) is 1.85. The van der Waals surface area contributed by atoms with Crippen LogP contribution in [0.2, 0.25) is 0 Å². The second-order valence-electron chi connectivity index (χ2n) is 2.65. The molecule has 0 aliphatic heterocycles. The maximum Gasteiger partial charge on any atom is 0.339 e. The molecule has 15 heavy (non-hydrogen) atoms. The number of rotatable bonds is 2. The quantitative estimate of drug-likeness (QED) is 0.571. The summed E-state index contributed by atoms with van der Waals surface area (Å²) in [6.07, 6.45) is 0.400. The van der Waals surface area contributed by atoms with E-state index >= 15 is 0 Å². The average Bonchev–Trinajstić information content (AvgIpc) is 2.27. The molecule has 0 aliphatic carbocycles. The van der Waals surface area contributed by atoms with E-state index in [0.29, 0.717) is 6.29 Å². The second-order valence-corrected chi connectivity index (χ2v) is 2.65. The third-order valence-electron chi connectivity index (χ3n) is 1.85. The van der Waals surface area contributed by atoms with Gasteiger partial charge < -0.3 is 9.84 Å². The standard InChI is InChI=1S/C10H7NO4/c1-15-10(14)7-3-2-6(5-12)9(13)8(7)4-11/h2-3,5,13H,1H3. The molecule has 0 aromatic heterocycles. The lowest BCUT2D eigenvalue weighted by atomic mass is 10.0. The van der Waals surface area contributed by atoms with Crippen molar-refractivity contribution >= 4 is 12.3 Å². The number of hydrogen-bond donors (Lipinski definition) is 1. The molecule has 1 N–H and O–H groups in total. The summed E-state index contributed by atoms with van der Waals surface area (Å²) in [5, 5.41) is 18.2. The molecule has 0 unspecified atom stereocenters. The van der Waals surface area contributed by atoms with Crippen LogP contribution >= 0.6 is 0 Å². The molecule has 1 aromatic rings. The van der Waals surface area contributed by atoms with Crippen LogP contribution in [0.4, 0.5) is 0 Å². The van der Waals surface area contributed by atoms with Gasteiger partial charge in [-0.15, -0.1) is 0 Å². The minimum Gasteiger partial charge on any atom is -0.506 e. The Morgan fingerprint density at radius 2 is 2.27 bits per heavy atom. The highest BCUT2D eigenvalue weighted by Crippen LogP contribution is 2.24. The summed E-state index contributed by atoms with van der Waals surface area (Å²) in [6, 6.07) is 4.15.